The summed E-state index contributed by atoms with van der Waals surface area (Å²) in [5.41, 5.74) is 1.41. The third-order valence-corrected chi connectivity index (χ3v) is 3.74. The lowest BCUT2D eigenvalue weighted by molar-refractivity contribution is -0.384. The third kappa shape index (κ3) is 2.94. The second-order valence-corrected chi connectivity index (χ2v) is 5.22. The number of nitro benzene ring substituents is 1. The van der Waals surface area contributed by atoms with Crippen LogP contribution in [0.4, 0.5) is 5.69 Å². The van der Waals surface area contributed by atoms with Gasteiger partial charge in [-0.15, -0.1) is 0 Å². The first-order valence-electron chi connectivity index (χ1n) is 7.52. The number of benzene rings is 2. The molecule has 0 aliphatic rings. The summed E-state index contributed by atoms with van der Waals surface area (Å²) in [6.07, 6.45) is 3.53. The maximum atomic E-state index is 12.5. The Labute approximate surface area is 137 Å². The smallest absolute Gasteiger partial charge is 0.269 e. The molecule has 0 saturated heterocycles. The van der Waals surface area contributed by atoms with Gasteiger partial charge in [-0.3, -0.25) is 19.5 Å². The number of non-ortho nitro benzene ring substituents is 1. The summed E-state index contributed by atoms with van der Waals surface area (Å²) < 4.78 is 1.60. The molecule has 0 bridgehead atoms. The normalized spacial score (nSPS) is 11.2. The second-order valence-electron chi connectivity index (χ2n) is 5.22. The number of fused-ring (bicyclic) bond motifs is 1. The molecule has 3 rings (SSSR count). The van der Waals surface area contributed by atoms with Crippen LogP contribution in [0.15, 0.2) is 53.3 Å². The number of rotatable bonds is 4. The molecular formula is C18H15N3O3. The zero-order valence-corrected chi connectivity index (χ0v) is 13.0. The van der Waals surface area contributed by atoms with E-state index in [1.807, 2.05) is 19.1 Å². The Morgan fingerprint density at radius 2 is 1.83 bits per heavy atom. The highest BCUT2D eigenvalue weighted by Crippen LogP contribution is 2.15. The lowest BCUT2D eigenvalue weighted by Crippen LogP contribution is -2.22. The SMILES string of the molecule is CCn1c(/C=C/c2ccc([N+](=O)[O-])cc2)nc2ccccc2c1=O. The molecule has 0 saturated carbocycles. The fraction of sp³-hybridized carbons (Fsp3) is 0.111. The molecular weight excluding hydrogens is 306 g/mol. The van der Waals surface area contributed by atoms with Gasteiger partial charge >= 0.3 is 0 Å². The van der Waals surface area contributed by atoms with E-state index < -0.39 is 4.92 Å². The molecule has 120 valence electrons. The van der Waals surface area contributed by atoms with Crippen molar-refractivity contribution in [1.82, 2.24) is 9.55 Å². The van der Waals surface area contributed by atoms with Crippen molar-refractivity contribution in [2.45, 2.75) is 13.5 Å². The molecule has 3 aromatic rings. The van der Waals surface area contributed by atoms with E-state index in [-0.39, 0.29) is 11.2 Å². The summed E-state index contributed by atoms with van der Waals surface area (Å²) in [5, 5.41) is 11.3. The molecule has 0 aliphatic heterocycles. The lowest BCUT2D eigenvalue weighted by atomic mass is 10.2. The van der Waals surface area contributed by atoms with Gasteiger partial charge in [0.2, 0.25) is 0 Å². The Hall–Kier alpha value is -3.28. The van der Waals surface area contributed by atoms with Crippen LogP contribution in [-0.4, -0.2) is 14.5 Å². The summed E-state index contributed by atoms with van der Waals surface area (Å²) in [4.78, 5) is 27.3. The van der Waals surface area contributed by atoms with Crippen molar-refractivity contribution in [2.75, 3.05) is 0 Å². The molecule has 0 aliphatic carbocycles. The molecule has 0 atom stereocenters. The number of nitrogens with zero attached hydrogens (tertiary/aromatic N) is 3. The first-order valence-corrected chi connectivity index (χ1v) is 7.52. The maximum absolute atomic E-state index is 12.5. The molecule has 6 heteroatoms. The van der Waals surface area contributed by atoms with Crippen molar-refractivity contribution in [3.05, 3.63) is 80.4 Å². The summed E-state index contributed by atoms with van der Waals surface area (Å²) in [5.74, 6) is 0.555. The van der Waals surface area contributed by atoms with Crippen LogP contribution in [0.25, 0.3) is 23.1 Å². The van der Waals surface area contributed by atoms with Crippen LogP contribution in [0, 0.1) is 10.1 Å². The van der Waals surface area contributed by atoms with Crippen LogP contribution in [0.1, 0.15) is 18.3 Å². The molecule has 2 aromatic carbocycles. The summed E-state index contributed by atoms with van der Waals surface area (Å²) in [7, 11) is 0. The van der Waals surface area contributed by atoms with Gasteiger partial charge in [0.15, 0.2) is 0 Å². The summed E-state index contributed by atoms with van der Waals surface area (Å²) in [6.45, 7) is 2.40. The van der Waals surface area contributed by atoms with E-state index in [2.05, 4.69) is 4.98 Å². The second kappa shape index (κ2) is 6.45. The molecule has 0 fully saturated rings. The fourth-order valence-corrected chi connectivity index (χ4v) is 2.50. The van der Waals surface area contributed by atoms with Crippen LogP contribution in [-0.2, 0) is 6.54 Å². The molecule has 1 heterocycles. The van der Waals surface area contributed by atoms with Gasteiger partial charge in [-0.05, 0) is 42.8 Å². The van der Waals surface area contributed by atoms with Gasteiger partial charge in [-0.25, -0.2) is 4.98 Å². The average Bonchev–Trinajstić information content (AvgIpc) is 2.60. The lowest BCUT2D eigenvalue weighted by Gasteiger charge is -2.08. The van der Waals surface area contributed by atoms with Gasteiger partial charge in [-0.1, -0.05) is 18.2 Å². The van der Waals surface area contributed by atoms with Crippen molar-refractivity contribution in [2.24, 2.45) is 0 Å². The minimum atomic E-state index is -0.437. The predicted molar refractivity (Wildman–Crippen MR) is 93.7 cm³/mol. The highest BCUT2D eigenvalue weighted by Gasteiger charge is 2.07. The average molecular weight is 321 g/mol. The minimum Gasteiger partial charge on any atom is -0.293 e. The van der Waals surface area contributed by atoms with E-state index in [9.17, 15) is 14.9 Å². The monoisotopic (exact) mass is 321 g/mol. The van der Waals surface area contributed by atoms with Crippen LogP contribution in [0.3, 0.4) is 0 Å². The van der Waals surface area contributed by atoms with Gasteiger partial charge < -0.3 is 0 Å². The molecule has 0 unspecified atom stereocenters. The highest BCUT2D eigenvalue weighted by atomic mass is 16.6. The van der Waals surface area contributed by atoms with Gasteiger partial charge in [0.1, 0.15) is 5.82 Å². The van der Waals surface area contributed by atoms with E-state index in [1.54, 1.807) is 41.0 Å². The molecule has 1 aromatic heterocycles. The Balaban J connectivity index is 2.02. The first kappa shape index (κ1) is 15.6. The predicted octanol–water partition coefficient (Wildman–Crippen LogP) is 3.50. The molecule has 0 amide bonds. The van der Waals surface area contributed by atoms with Gasteiger partial charge in [-0.2, -0.15) is 0 Å². The minimum absolute atomic E-state index is 0.0430. The number of aromatic nitrogens is 2. The van der Waals surface area contributed by atoms with Crippen molar-refractivity contribution in [3.8, 4) is 0 Å². The van der Waals surface area contributed by atoms with Crippen molar-refractivity contribution in [3.63, 3.8) is 0 Å². The largest absolute Gasteiger partial charge is 0.293 e. The van der Waals surface area contributed by atoms with Crippen LogP contribution < -0.4 is 5.56 Å². The number of hydrogen-bond acceptors (Lipinski definition) is 4. The zero-order chi connectivity index (χ0) is 17.1. The quantitative estimate of drug-likeness (QED) is 0.544. The number of para-hydroxylation sites is 1. The Kier molecular flexibility index (Phi) is 4.20. The van der Waals surface area contributed by atoms with Crippen molar-refractivity contribution in [1.29, 1.82) is 0 Å². The van der Waals surface area contributed by atoms with Gasteiger partial charge in [0.05, 0.1) is 15.8 Å². The molecule has 0 radical (unpaired) electrons. The molecule has 6 nitrogen and oxygen atoms in total. The van der Waals surface area contributed by atoms with E-state index in [0.29, 0.717) is 23.3 Å². The third-order valence-electron chi connectivity index (χ3n) is 3.74. The topological polar surface area (TPSA) is 78.0 Å². The fourth-order valence-electron chi connectivity index (χ4n) is 2.50. The van der Waals surface area contributed by atoms with Crippen LogP contribution in [0.5, 0.6) is 0 Å². The Morgan fingerprint density at radius 3 is 2.50 bits per heavy atom. The van der Waals surface area contributed by atoms with Crippen molar-refractivity contribution < 1.29 is 4.92 Å². The first-order chi connectivity index (χ1) is 11.6. The van der Waals surface area contributed by atoms with Crippen LogP contribution >= 0.6 is 0 Å². The summed E-state index contributed by atoms with van der Waals surface area (Å²) >= 11 is 0. The number of hydrogen-bond donors (Lipinski definition) is 0. The number of nitro groups is 1. The van der Waals surface area contributed by atoms with Crippen molar-refractivity contribution >= 4 is 28.7 Å². The molecule has 24 heavy (non-hydrogen) atoms. The Bertz CT molecular complexity index is 989. The van der Waals surface area contributed by atoms with E-state index in [4.69, 9.17) is 0 Å². The molecule has 0 spiro atoms. The van der Waals surface area contributed by atoms with E-state index in [0.717, 1.165) is 5.56 Å². The van der Waals surface area contributed by atoms with E-state index in [1.165, 1.54) is 12.1 Å². The van der Waals surface area contributed by atoms with Crippen LogP contribution in [0.2, 0.25) is 0 Å². The highest BCUT2D eigenvalue weighted by molar-refractivity contribution is 5.79. The zero-order valence-electron chi connectivity index (χ0n) is 13.0. The molecule has 0 N–H and O–H groups in total. The summed E-state index contributed by atoms with van der Waals surface area (Å²) in [6, 6.07) is 13.4. The van der Waals surface area contributed by atoms with Gasteiger partial charge in [0, 0.05) is 18.7 Å². The van der Waals surface area contributed by atoms with Gasteiger partial charge in [0.25, 0.3) is 11.2 Å². The Morgan fingerprint density at radius 1 is 1.12 bits per heavy atom. The maximum Gasteiger partial charge on any atom is 0.269 e. The van der Waals surface area contributed by atoms with E-state index >= 15 is 0 Å². The standard InChI is InChI=1S/C18H15N3O3/c1-2-20-17(19-16-6-4-3-5-15(16)18(20)22)12-9-13-7-10-14(11-8-13)21(23)24/h3-12H,2H2,1H3/b12-9+.